The van der Waals surface area contributed by atoms with Gasteiger partial charge in [-0.1, -0.05) is 11.6 Å². The van der Waals surface area contributed by atoms with E-state index in [2.05, 4.69) is 27.6 Å². The normalized spacial score (nSPS) is 11.2. The molecule has 0 radical (unpaired) electrons. The van der Waals surface area contributed by atoms with Gasteiger partial charge in [0.05, 0.1) is 16.1 Å². The number of hydrogen-bond donors (Lipinski definition) is 0. The van der Waals surface area contributed by atoms with Crippen molar-refractivity contribution < 1.29 is 4.39 Å². The largest absolute Gasteiger partial charge is 0.296 e. The maximum absolute atomic E-state index is 13.6. The van der Waals surface area contributed by atoms with Crippen LogP contribution in [0.2, 0.25) is 5.02 Å². The van der Waals surface area contributed by atoms with Gasteiger partial charge in [0.25, 0.3) is 0 Å². The molecule has 21 heavy (non-hydrogen) atoms. The first-order valence-corrected chi connectivity index (χ1v) is 8.27. The molecule has 0 amide bonds. The van der Waals surface area contributed by atoms with Gasteiger partial charge >= 0.3 is 0 Å². The van der Waals surface area contributed by atoms with Gasteiger partial charge in [-0.25, -0.2) is 9.37 Å². The van der Waals surface area contributed by atoms with Crippen LogP contribution in [0.5, 0.6) is 0 Å². The zero-order valence-electron chi connectivity index (χ0n) is 10.8. The summed E-state index contributed by atoms with van der Waals surface area (Å²) < 4.78 is 16.7. The molecule has 2 aromatic carbocycles. The molecule has 0 bridgehead atoms. The summed E-state index contributed by atoms with van der Waals surface area (Å²) in [4.78, 5) is 4.48. The van der Waals surface area contributed by atoms with Gasteiger partial charge in [0.2, 0.25) is 0 Å². The van der Waals surface area contributed by atoms with Crippen molar-refractivity contribution in [2.24, 2.45) is 0 Å². The van der Waals surface area contributed by atoms with E-state index in [-0.39, 0.29) is 5.02 Å². The molecular weight excluding hydrogens is 425 g/mol. The number of hydrogen-bond acceptors (Lipinski definition) is 1. The predicted octanol–water partition coefficient (Wildman–Crippen LogP) is 5.20. The van der Waals surface area contributed by atoms with Crippen LogP contribution in [0, 0.1) is 9.39 Å². The van der Waals surface area contributed by atoms with Crippen molar-refractivity contribution in [1.82, 2.24) is 9.55 Å². The Kier molecular flexibility index (Phi) is 4.38. The van der Waals surface area contributed by atoms with Crippen LogP contribution in [0.25, 0.3) is 16.7 Å². The first-order valence-electron chi connectivity index (χ1n) is 6.28. The Morgan fingerprint density at radius 3 is 2.57 bits per heavy atom. The van der Waals surface area contributed by atoms with Crippen LogP contribution in [0.15, 0.2) is 36.4 Å². The van der Waals surface area contributed by atoms with Crippen molar-refractivity contribution in [3.8, 4) is 5.69 Å². The van der Waals surface area contributed by atoms with E-state index in [0.29, 0.717) is 17.8 Å². The SMILES string of the molecule is Fc1cc2nc(CCCl)n(-c3ccc(I)cc3)c2cc1Cl. The van der Waals surface area contributed by atoms with E-state index in [1.807, 2.05) is 28.8 Å². The fourth-order valence-electron chi connectivity index (χ4n) is 2.25. The Morgan fingerprint density at radius 2 is 1.90 bits per heavy atom. The van der Waals surface area contributed by atoms with Crippen molar-refractivity contribution in [2.45, 2.75) is 6.42 Å². The standard InChI is InChI=1S/C15H10Cl2FIN2/c16-6-5-15-20-13-8-12(18)11(17)7-14(13)21(15)10-3-1-9(19)2-4-10/h1-4,7-8H,5-6H2. The molecule has 108 valence electrons. The van der Waals surface area contributed by atoms with Gasteiger partial charge in [-0.2, -0.15) is 0 Å². The lowest BCUT2D eigenvalue weighted by Crippen LogP contribution is -2.02. The molecule has 2 nitrogen and oxygen atoms in total. The molecule has 0 N–H and O–H groups in total. The molecular formula is C15H10Cl2FIN2. The smallest absolute Gasteiger partial charge is 0.144 e. The summed E-state index contributed by atoms with van der Waals surface area (Å²) in [7, 11) is 0. The molecule has 0 unspecified atom stereocenters. The van der Waals surface area contributed by atoms with Crippen molar-refractivity contribution in [2.75, 3.05) is 5.88 Å². The van der Waals surface area contributed by atoms with E-state index < -0.39 is 5.82 Å². The van der Waals surface area contributed by atoms with E-state index in [1.54, 1.807) is 6.07 Å². The zero-order chi connectivity index (χ0) is 15.0. The molecule has 3 aromatic rings. The molecule has 6 heteroatoms. The molecule has 0 saturated heterocycles. The third-order valence-electron chi connectivity index (χ3n) is 3.17. The molecule has 0 aliphatic carbocycles. The molecule has 0 atom stereocenters. The van der Waals surface area contributed by atoms with E-state index in [9.17, 15) is 4.39 Å². The first-order chi connectivity index (χ1) is 10.1. The van der Waals surface area contributed by atoms with Crippen LogP contribution in [-0.2, 0) is 6.42 Å². The highest BCUT2D eigenvalue weighted by Gasteiger charge is 2.14. The predicted molar refractivity (Wildman–Crippen MR) is 93.2 cm³/mol. The van der Waals surface area contributed by atoms with Crippen LogP contribution in [0.1, 0.15) is 5.82 Å². The third kappa shape index (κ3) is 2.89. The second kappa shape index (κ2) is 6.10. The average Bonchev–Trinajstić information content (AvgIpc) is 2.78. The molecule has 0 saturated carbocycles. The molecule has 3 rings (SSSR count). The summed E-state index contributed by atoms with van der Waals surface area (Å²) in [5.41, 5.74) is 2.32. The number of fused-ring (bicyclic) bond motifs is 1. The van der Waals surface area contributed by atoms with Gasteiger partial charge in [0.15, 0.2) is 0 Å². The summed E-state index contributed by atoms with van der Waals surface area (Å²) in [6, 6.07) is 11.0. The second-order valence-corrected chi connectivity index (χ2v) is 6.56. The number of nitrogens with zero attached hydrogens (tertiary/aromatic N) is 2. The lowest BCUT2D eigenvalue weighted by molar-refractivity contribution is 0.630. The zero-order valence-corrected chi connectivity index (χ0v) is 14.5. The number of aryl methyl sites for hydroxylation is 1. The Morgan fingerprint density at radius 1 is 1.19 bits per heavy atom. The number of rotatable bonds is 3. The highest BCUT2D eigenvalue weighted by Crippen LogP contribution is 2.27. The minimum atomic E-state index is -0.464. The minimum Gasteiger partial charge on any atom is -0.296 e. The van der Waals surface area contributed by atoms with Crippen LogP contribution in [0.3, 0.4) is 0 Å². The van der Waals surface area contributed by atoms with Crippen LogP contribution in [-0.4, -0.2) is 15.4 Å². The van der Waals surface area contributed by atoms with Gasteiger partial charge in [0, 0.05) is 27.6 Å². The van der Waals surface area contributed by atoms with E-state index in [0.717, 1.165) is 20.6 Å². The van der Waals surface area contributed by atoms with Gasteiger partial charge in [-0.15, -0.1) is 11.6 Å². The molecule has 0 spiro atoms. The van der Waals surface area contributed by atoms with E-state index >= 15 is 0 Å². The summed E-state index contributed by atoms with van der Waals surface area (Å²) in [5, 5.41) is 0.0894. The number of benzene rings is 2. The number of aromatic nitrogens is 2. The topological polar surface area (TPSA) is 17.8 Å². The van der Waals surface area contributed by atoms with Crippen LogP contribution < -0.4 is 0 Å². The van der Waals surface area contributed by atoms with Crippen molar-refractivity contribution in [3.05, 3.63) is 56.6 Å². The fraction of sp³-hybridized carbons (Fsp3) is 0.133. The van der Waals surface area contributed by atoms with Gasteiger partial charge in [0.1, 0.15) is 11.6 Å². The first kappa shape index (κ1) is 15.1. The van der Waals surface area contributed by atoms with E-state index in [1.165, 1.54) is 6.07 Å². The molecule has 0 fully saturated rings. The van der Waals surface area contributed by atoms with Crippen molar-refractivity contribution in [3.63, 3.8) is 0 Å². The monoisotopic (exact) mass is 434 g/mol. The molecule has 0 aliphatic rings. The summed E-state index contributed by atoms with van der Waals surface area (Å²) in [6.45, 7) is 0. The highest BCUT2D eigenvalue weighted by molar-refractivity contribution is 14.1. The van der Waals surface area contributed by atoms with Crippen LogP contribution in [0.4, 0.5) is 4.39 Å². The maximum atomic E-state index is 13.6. The fourth-order valence-corrected chi connectivity index (χ4v) is 2.94. The lowest BCUT2D eigenvalue weighted by atomic mass is 10.2. The van der Waals surface area contributed by atoms with Gasteiger partial charge in [-0.05, 0) is 52.9 Å². The minimum absolute atomic E-state index is 0.0894. The highest BCUT2D eigenvalue weighted by atomic mass is 127. The second-order valence-electron chi connectivity index (χ2n) is 4.53. The third-order valence-corrected chi connectivity index (χ3v) is 4.37. The summed E-state index contributed by atoms with van der Waals surface area (Å²) >= 11 is 14.0. The Labute approximate surface area is 145 Å². The van der Waals surface area contributed by atoms with Gasteiger partial charge in [-0.3, -0.25) is 4.57 Å². The van der Waals surface area contributed by atoms with Crippen LogP contribution >= 0.6 is 45.8 Å². The lowest BCUT2D eigenvalue weighted by Gasteiger charge is -2.09. The average molecular weight is 435 g/mol. The number of imidazole rings is 1. The Hall–Kier alpha value is -0.850. The number of halogens is 4. The maximum Gasteiger partial charge on any atom is 0.144 e. The quantitative estimate of drug-likeness (QED) is 0.409. The molecule has 0 aliphatic heterocycles. The summed E-state index contributed by atoms with van der Waals surface area (Å²) in [5.74, 6) is 0.779. The van der Waals surface area contributed by atoms with E-state index in [4.69, 9.17) is 23.2 Å². The Balaban J connectivity index is 2.29. The van der Waals surface area contributed by atoms with Crippen molar-refractivity contribution >= 4 is 56.8 Å². The summed E-state index contributed by atoms with van der Waals surface area (Å²) in [6.07, 6.45) is 0.599. The van der Waals surface area contributed by atoms with Crippen molar-refractivity contribution in [1.29, 1.82) is 0 Å². The molecule has 1 aromatic heterocycles. The Bertz CT molecular complexity index is 800. The molecule has 1 heterocycles. The number of alkyl halides is 1. The van der Waals surface area contributed by atoms with Gasteiger partial charge < -0.3 is 0 Å².